The summed E-state index contributed by atoms with van der Waals surface area (Å²) in [6.07, 6.45) is 16.9. The highest BCUT2D eigenvalue weighted by molar-refractivity contribution is 5.91. The minimum Gasteiger partial charge on any atom is -0.595 e. The van der Waals surface area contributed by atoms with Gasteiger partial charge in [0.2, 0.25) is 0 Å². The number of hydrogen-bond acceptors (Lipinski definition) is 6. The van der Waals surface area contributed by atoms with E-state index in [0.29, 0.717) is 54.3 Å². The van der Waals surface area contributed by atoms with Crippen molar-refractivity contribution in [2.75, 3.05) is 0 Å². The predicted molar refractivity (Wildman–Crippen MR) is 167 cm³/mol. The summed E-state index contributed by atoms with van der Waals surface area (Å²) in [5, 5.41) is 39.0. The molecule has 0 aliphatic heterocycles. The Morgan fingerprint density at radius 3 is 2.33 bits per heavy atom. The van der Waals surface area contributed by atoms with E-state index >= 15 is 0 Å². The van der Waals surface area contributed by atoms with Crippen molar-refractivity contribution in [3.8, 4) is 0 Å². The Labute approximate surface area is 256 Å². The number of carbonyl (C=O) groups is 1. The summed E-state index contributed by atoms with van der Waals surface area (Å²) in [5.74, 6) is 2.34. The molecule has 0 saturated heterocycles. The van der Waals surface area contributed by atoms with Crippen LogP contribution in [-0.2, 0) is 4.74 Å². The van der Waals surface area contributed by atoms with E-state index in [1.54, 1.807) is 0 Å². The summed E-state index contributed by atoms with van der Waals surface area (Å²) < 4.78 is 5.76. The molecule has 3 aliphatic rings. The van der Waals surface area contributed by atoms with Crippen molar-refractivity contribution < 1.29 is 30.4 Å². The Hall–Kier alpha value is -2.59. The van der Waals surface area contributed by atoms with Crippen molar-refractivity contribution in [3.63, 3.8) is 0 Å². The molecule has 0 amide bonds. The van der Waals surface area contributed by atoms with Gasteiger partial charge in [-0.2, -0.15) is 10.5 Å². The first-order valence-electron chi connectivity index (χ1n) is 15.9. The Morgan fingerprint density at radius 1 is 1.02 bits per heavy atom. The molecule has 0 spiro atoms. The van der Waals surface area contributed by atoms with Crippen LogP contribution in [0.15, 0.2) is 65.8 Å². The zero-order valence-electron chi connectivity index (χ0n) is 26.4. The number of rotatable bonds is 9. The highest BCUT2D eigenvalue weighted by Gasteiger charge is 2.50. The molecule has 8 heteroatoms. The number of quaternary nitrogens is 2. The summed E-state index contributed by atoms with van der Waals surface area (Å²) in [6, 6.07) is 3.36. The molecule has 0 heterocycles. The molecule has 1 aromatic carbocycles. The van der Waals surface area contributed by atoms with Gasteiger partial charge in [0, 0.05) is 18.6 Å². The average Bonchev–Trinajstić information content (AvgIpc) is 3.33. The Morgan fingerprint density at radius 2 is 1.70 bits per heavy atom. The largest absolute Gasteiger partial charge is 0.595 e. The van der Waals surface area contributed by atoms with Gasteiger partial charge in [0.15, 0.2) is 11.4 Å². The molecule has 8 atom stereocenters. The third kappa shape index (κ3) is 7.74. The second kappa shape index (κ2) is 14.0. The maximum atomic E-state index is 13.0. The molecule has 2 unspecified atom stereocenters. The van der Waals surface area contributed by atoms with Crippen LogP contribution >= 0.6 is 0 Å². The van der Waals surface area contributed by atoms with Gasteiger partial charge < -0.3 is 15.2 Å². The first kappa shape index (κ1) is 33.3. The second-order valence-corrected chi connectivity index (χ2v) is 13.7. The Bertz CT molecular complexity index is 1240. The minimum absolute atomic E-state index is 0.0747. The van der Waals surface area contributed by atoms with Crippen LogP contribution in [0.2, 0.25) is 0 Å². The van der Waals surface area contributed by atoms with Gasteiger partial charge in [0.1, 0.15) is 6.10 Å². The predicted octanol–water partition coefficient (Wildman–Crippen LogP) is 6.31. The van der Waals surface area contributed by atoms with Crippen LogP contribution in [0.4, 0.5) is 11.4 Å². The normalized spacial score (nSPS) is 30.9. The monoisotopic (exact) mass is 594 g/mol. The molecule has 0 radical (unpaired) electrons. The first-order chi connectivity index (χ1) is 20.3. The van der Waals surface area contributed by atoms with Gasteiger partial charge in [-0.15, -0.1) is 0 Å². The molecule has 3 fully saturated rings. The van der Waals surface area contributed by atoms with Crippen molar-refractivity contribution >= 4 is 17.3 Å². The summed E-state index contributed by atoms with van der Waals surface area (Å²) in [5.41, 5.74) is 3.34. The lowest BCUT2D eigenvalue weighted by Crippen LogP contribution is -3.00. The molecular formula is C35H50N2O6. The molecule has 3 saturated carbocycles. The van der Waals surface area contributed by atoms with E-state index in [1.165, 1.54) is 31.3 Å². The van der Waals surface area contributed by atoms with Gasteiger partial charge in [-0.25, -0.2) is 15.2 Å². The van der Waals surface area contributed by atoms with Gasteiger partial charge in [0.05, 0.1) is 11.6 Å². The number of ether oxygens (including phenoxy) is 1. The molecule has 4 N–H and O–H groups in total. The molecule has 4 rings (SSSR count). The van der Waals surface area contributed by atoms with Gasteiger partial charge >= 0.3 is 5.97 Å². The van der Waals surface area contributed by atoms with E-state index in [2.05, 4.69) is 65.5 Å². The zero-order valence-corrected chi connectivity index (χ0v) is 26.4. The lowest BCUT2D eigenvalue weighted by Gasteiger charge is -2.44. The highest BCUT2D eigenvalue weighted by atomic mass is 16.8. The van der Waals surface area contributed by atoms with E-state index in [-0.39, 0.29) is 16.9 Å². The fraction of sp³-hybridized carbons (Fsp3) is 0.571. The Balaban J connectivity index is 1.46. The smallest absolute Gasteiger partial charge is 0.338 e. The standard InChI is InChI=1S/C35H50N2O6/c1-22(2)23(3)9-10-25(5)32-15-16-33-26(8-7-17-35(32,33)6)12-13-27-20-31(14-11-24(27)4)43-34(38)28-18-29(36(39)40)21-30(19-28)37(41)42/h9-10,12-13,18-19,21-23,25,31-33,36-37,39,41H,4,7-8,11,14-17,20H2,1-3,5-6H3/t23-,25-,31-,32-,33-,35-/m1/s1. The zero-order chi connectivity index (χ0) is 31.5. The summed E-state index contributed by atoms with van der Waals surface area (Å²) >= 11 is 0. The lowest BCUT2D eigenvalue weighted by atomic mass is 9.61. The summed E-state index contributed by atoms with van der Waals surface area (Å²) in [6.45, 7) is 16.1. The van der Waals surface area contributed by atoms with Crippen molar-refractivity contribution in [1.29, 1.82) is 0 Å². The quantitative estimate of drug-likeness (QED) is 0.151. The molecule has 0 aromatic heterocycles. The maximum Gasteiger partial charge on any atom is 0.338 e. The van der Waals surface area contributed by atoms with Crippen LogP contribution in [0.1, 0.15) is 96.3 Å². The molecule has 1 aromatic rings. The average molecular weight is 595 g/mol. The maximum absolute atomic E-state index is 13.0. The van der Waals surface area contributed by atoms with Gasteiger partial charge in [-0.1, -0.05) is 76.6 Å². The van der Waals surface area contributed by atoms with Crippen LogP contribution < -0.4 is 10.5 Å². The third-order valence-electron chi connectivity index (χ3n) is 10.5. The fourth-order valence-corrected chi connectivity index (χ4v) is 7.54. The van der Waals surface area contributed by atoms with E-state index in [0.717, 1.165) is 35.8 Å². The third-order valence-corrected chi connectivity index (χ3v) is 10.5. The van der Waals surface area contributed by atoms with E-state index in [4.69, 9.17) is 4.74 Å². The highest BCUT2D eigenvalue weighted by Crippen LogP contribution is 2.59. The van der Waals surface area contributed by atoms with Crippen LogP contribution in [0.3, 0.4) is 0 Å². The van der Waals surface area contributed by atoms with Crippen molar-refractivity contribution in [3.05, 3.63) is 81.8 Å². The number of allylic oxidation sites excluding steroid dienone is 6. The SMILES string of the molecule is C=C1CC[C@@H](OC(=O)c2cc([NH+]([O-])O)cc([NH+]([O-])O)c2)CC1=CC=C1CCC[C@@]2(C)[C@@H]1CC[C@@H]2[C@H](C)C=C[C@@H](C)C(C)C. The summed E-state index contributed by atoms with van der Waals surface area (Å²) in [7, 11) is 0. The molecule has 236 valence electrons. The van der Waals surface area contributed by atoms with Crippen LogP contribution in [0.25, 0.3) is 0 Å². The minimum atomic E-state index is -1.30. The molecule has 43 heavy (non-hydrogen) atoms. The van der Waals surface area contributed by atoms with Gasteiger partial charge in [-0.05, 0) is 85.5 Å². The number of carbonyl (C=O) groups excluding carboxylic acids is 1. The molecule has 0 bridgehead atoms. The van der Waals surface area contributed by atoms with E-state index < -0.39 is 22.5 Å². The number of hydrogen-bond donors (Lipinski definition) is 4. The van der Waals surface area contributed by atoms with Gasteiger partial charge in [0.25, 0.3) is 0 Å². The van der Waals surface area contributed by atoms with Gasteiger partial charge in [-0.3, -0.25) is 0 Å². The summed E-state index contributed by atoms with van der Waals surface area (Å²) in [4.78, 5) is 13.0. The van der Waals surface area contributed by atoms with Crippen molar-refractivity contribution in [2.24, 2.45) is 35.0 Å². The van der Waals surface area contributed by atoms with Crippen LogP contribution in [-0.4, -0.2) is 22.5 Å². The van der Waals surface area contributed by atoms with E-state index in [9.17, 15) is 25.6 Å². The molecule has 8 nitrogen and oxygen atoms in total. The number of nitrogens with one attached hydrogen (secondary N) is 2. The fourth-order valence-electron chi connectivity index (χ4n) is 7.54. The van der Waals surface area contributed by atoms with Crippen molar-refractivity contribution in [1.82, 2.24) is 0 Å². The molecular weight excluding hydrogens is 544 g/mol. The lowest BCUT2D eigenvalue weighted by molar-refractivity contribution is -0.996. The molecule has 3 aliphatic carbocycles. The van der Waals surface area contributed by atoms with Crippen LogP contribution in [0.5, 0.6) is 0 Å². The van der Waals surface area contributed by atoms with E-state index in [1.807, 2.05) is 0 Å². The van der Waals surface area contributed by atoms with Crippen LogP contribution in [0, 0.1) is 45.4 Å². The number of benzene rings is 1. The topological polar surface area (TPSA) is 122 Å². The van der Waals surface area contributed by atoms with Crippen molar-refractivity contribution in [2.45, 2.75) is 92.1 Å². The number of esters is 1. The second-order valence-electron chi connectivity index (χ2n) is 13.7. The first-order valence-corrected chi connectivity index (χ1v) is 15.9. The Kier molecular flexibility index (Phi) is 10.9. The number of fused-ring (bicyclic) bond motifs is 1.